The Balaban J connectivity index is 1.60. The van der Waals surface area contributed by atoms with Gasteiger partial charge in [-0.1, -0.05) is 36.4 Å². The van der Waals surface area contributed by atoms with Crippen LogP contribution < -0.4 is 10.6 Å². The van der Waals surface area contributed by atoms with E-state index in [2.05, 4.69) is 15.0 Å². The van der Waals surface area contributed by atoms with E-state index in [9.17, 15) is 13.2 Å². The quantitative estimate of drug-likeness (QED) is 0.861. The minimum absolute atomic E-state index is 0.152. The molecule has 25 heavy (non-hydrogen) atoms. The molecule has 2 aromatic carbocycles. The minimum Gasteiger partial charge on any atom is -0.352 e. The number of sulfonamides is 1. The summed E-state index contributed by atoms with van der Waals surface area (Å²) < 4.78 is 28.2. The zero-order valence-corrected chi connectivity index (χ0v) is 14.6. The molecule has 0 fully saturated rings. The summed E-state index contributed by atoms with van der Waals surface area (Å²) >= 11 is 0. The maximum absolute atomic E-state index is 12.2. The Bertz CT molecular complexity index is 922. The molecule has 6 nitrogen and oxygen atoms in total. The monoisotopic (exact) mass is 357 g/mol. The zero-order chi connectivity index (χ0) is 17.9. The van der Waals surface area contributed by atoms with Crippen molar-refractivity contribution >= 4 is 27.5 Å². The van der Waals surface area contributed by atoms with Crippen LogP contribution in [0, 0.1) is 6.92 Å². The lowest BCUT2D eigenvalue weighted by molar-refractivity contribution is -0.121. The van der Waals surface area contributed by atoms with Crippen LogP contribution in [-0.2, 0) is 21.4 Å². The van der Waals surface area contributed by atoms with Crippen LogP contribution in [0.3, 0.4) is 0 Å². The molecule has 130 valence electrons. The molecule has 7 heteroatoms. The second-order valence-corrected chi connectivity index (χ2v) is 7.47. The molecular weight excluding hydrogens is 338 g/mol. The number of carbonyl (C=O) groups excluding carboxylic acids is 1. The molecule has 1 aliphatic rings. The van der Waals surface area contributed by atoms with Crippen molar-refractivity contribution in [3.63, 3.8) is 0 Å². The summed E-state index contributed by atoms with van der Waals surface area (Å²) in [5.41, 5.74) is 2.47. The Morgan fingerprint density at radius 1 is 1.16 bits per heavy atom. The third-order valence-electron chi connectivity index (χ3n) is 3.84. The van der Waals surface area contributed by atoms with Crippen molar-refractivity contribution in [1.82, 2.24) is 5.32 Å². The summed E-state index contributed by atoms with van der Waals surface area (Å²) in [5, 5.41) is 5.83. The Labute approximate surface area is 147 Å². The highest BCUT2D eigenvalue weighted by Gasteiger charge is 2.24. The predicted octanol–water partition coefficient (Wildman–Crippen LogP) is 2.60. The number of aryl methyl sites for hydroxylation is 1. The molecule has 1 heterocycles. The highest BCUT2D eigenvalue weighted by atomic mass is 32.2. The summed E-state index contributed by atoms with van der Waals surface area (Å²) in [7, 11) is -3.72. The Hall–Kier alpha value is -2.67. The summed E-state index contributed by atoms with van der Waals surface area (Å²) in [4.78, 5) is 12.1. The number of nitrogens with zero attached hydrogens (tertiary/aromatic N) is 1. The molecule has 0 saturated carbocycles. The summed E-state index contributed by atoms with van der Waals surface area (Å²) in [6, 6.07) is 14.6. The van der Waals surface area contributed by atoms with Crippen LogP contribution in [0.1, 0.15) is 24.0 Å². The fourth-order valence-electron chi connectivity index (χ4n) is 2.56. The molecule has 0 unspecified atom stereocenters. The van der Waals surface area contributed by atoms with Gasteiger partial charge in [0, 0.05) is 19.4 Å². The fourth-order valence-corrected chi connectivity index (χ4v) is 3.72. The van der Waals surface area contributed by atoms with Crippen molar-refractivity contribution in [3.05, 3.63) is 59.7 Å². The standard InChI is InChI=1S/C18H19N3O3S/c1-13-7-8-16-15(11-13)20-17(21-25(16,23)24)9-10-18(22)19-12-14-5-3-2-4-6-14/h2-8,11H,9-10,12H2,1H3,(H,19,22)(H,20,21). The highest BCUT2D eigenvalue weighted by molar-refractivity contribution is 7.90. The van der Waals surface area contributed by atoms with Crippen molar-refractivity contribution in [3.8, 4) is 0 Å². The number of rotatable bonds is 5. The lowest BCUT2D eigenvalue weighted by Gasteiger charge is -2.18. The normalized spacial score (nSPS) is 14.8. The van der Waals surface area contributed by atoms with Gasteiger partial charge in [-0.2, -0.15) is 8.42 Å². The Kier molecular flexibility index (Phi) is 4.85. The van der Waals surface area contributed by atoms with E-state index in [-0.39, 0.29) is 29.5 Å². The van der Waals surface area contributed by atoms with E-state index in [1.165, 1.54) is 0 Å². The lowest BCUT2D eigenvalue weighted by Crippen LogP contribution is -2.26. The number of hydrogen-bond donors (Lipinski definition) is 2. The van der Waals surface area contributed by atoms with Crippen molar-refractivity contribution in [2.24, 2.45) is 4.40 Å². The lowest BCUT2D eigenvalue weighted by atomic mass is 10.2. The third kappa shape index (κ3) is 4.24. The first-order valence-electron chi connectivity index (χ1n) is 7.96. The number of carbonyl (C=O) groups is 1. The van der Waals surface area contributed by atoms with Gasteiger partial charge in [-0.15, -0.1) is 4.40 Å². The number of fused-ring (bicyclic) bond motifs is 1. The number of amidine groups is 1. The molecule has 2 N–H and O–H groups in total. The van der Waals surface area contributed by atoms with E-state index in [0.717, 1.165) is 11.1 Å². The molecular formula is C18H19N3O3S. The number of benzene rings is 2. The summed E-state index contributed by atoms with van der Waals surface area (Å²) in [5.74, 6) is 0.133. The average Bonchev–Trinajstić information content (AvgIpc) is 2.58. The summed E-state index contributed by atoms with van der Waals surface area (Å²) in [6.07, 6.45) is 0.391. The van der Waals surface area contributed by atoms with Crippen LogP contribution in [0.5, 0.6) is 0 Å². The van der Waals surface area contributed by atoms with Gasteiger partial charge in [-0.25, -0.2) is 0 Å². The first-order chi connectivity index (χ1) is 11.9. The van der Waals surface area contributed by atoms with Crippen molar-refractivity contribution in [2.45, 2.75) is 31.2 Å². The van der Waals surface area contributed by atoms with Crippen LogP contribution in [-0.4, -0.2) is 20.2 Å². The molecule has 1 amide bonds. The van der Waals surface area contributed by atoms with Crippen LogP contribution in [0.25, 0.3) is 0 Å². The second kappa shape index (κ2) is 7.06. The Morgan fingerprint density at radius 2 is 1.92 bits per heavy atom. The summed E-state index contributed by atoms with van der Waals surface area (Å²) in [6.45, 7) is 2.33. The number of anilines is 1. The molecule has 0 aliphatic carbocycles. The topological polar surface area (TPSA) is 87.6 Å². The number of amides is 1. The molecule has 2 aromatic rings. The average molecular weight is 357 g/mol. The molecule has 0 aromatic heterocycles. The highest BCUT2D eigenvalue weighted by Crippen LogP contribution is 2.28. The van der Waals surface area contributed by atoms with Gasteiger partial charge < -0.3 is 10.6 Å². The number of hydrogen-bond acceptors (Lipinski definition) is 4. The maximum Gasteiger partial charge on any atom is 0.286 e. The van der Waals surface area contributed by atoms with Crippen LogP contribution >= 0.6 is 0 Å². The second-order valence-electron chi connectivity index (χ2n) is 5.90. The van der Waals surface area contributed by atoms with Gasteiger partial charge in [0.05, 0.1) is 5.69 Å². The Morgan fingerprint density at radius 3 is 2.68 bits per heavy atom. The van der Waals surface area contributed by atoms with Crippen molar-refractivity contribution in [1.29, 1.82) is 0 Å². The van der Waals surface area contributed by atoms with Crippen LogP contribution in [0.4, 0.5) is 5.69 Å². The molecule has 1 aliphatic heterocycles. The van der Waals surface area contributed by atoms with Crippen LogP contribution in [0.15, 0.2) is 57.8 Å². The van der Waals surface area contributed by atoms with Gasteiger partial charge in [0.25, 0.3) is 10.0 Å². The number of nitrogens with one attached hydrogen (secondary N) is 2. The maximum atomic E-state index is 12.2. The van der Waals surface area contributed by atoms with E-state index in [1.807, 2.05) is 37.3 Å². The van der Waals surface area contributed by atoms with E-state index >= 15 is 0 Å². The molecule has 0 radical (unpaired) electrons. The minimum atomic E-state index is -3.72. The smallest absolute Gasteiger partial charge is 0.286 e. The largest absolute Gasteiger partial charge is 0.352 e. The van der Waals surface area contributed by atoms with Crippen molar-refractivity contribution in [2.75, 3.05) is 5.32 Å². The van der Waals surface area contributed by atoms with E-state index in [0.29, 0.717) is 12.2 Å². The molecule has 3 rings (SSSR count). The van der Waals surface area contributed by atoms with Crippen LogP contribution in [0.2, 0.25) is 0 Å². The molecule has 0 bridgehead atoms. The third-order valence-corrected chi connectivity index (χ3v) is 5.22. The van der Waals surface area contributed by atoms with Gasteiger partial charge in [-0.05, 0) is 30.2 Å². The van der Waals surface area contributed by atoms with Gasteiger partial charge in [0.2, 0.25) is 5.91 Å². The van der Waals surface area contributed by atoms with Crippen molar-refractivity contribution < 1.29 is 13.2 Å². The first-order valence-corrected chi connectivity index (χ1v) is 9.40. The van der Waals surface area contributed by atoms with Gasteiger partial charge in [-0.3, -0.25) is 4.79 Å². The molecule has 0 spiro atoms. The van der Waals surface area contributed by atoms with Gasteiger partial charge in [0.15, 0.2) is 0 Å². The van der Waals surface area contributed by atoms with E-state index in [4.69, 9.17) is 0 Å². The SMILES string of the molecule is Cc1ccc2c(c1)NC(CCC(=O)NCc1ccccc1)=NS2(=O)=O. The molecule has 0 atom stereocenters. The first kappa shape index (κ1) is 17.2. The predicted molar refractivity (Wildman–Crippen MR) is 96.9 cm³/mol. The van der Waals surface area contributed by atoms with E-state index < -0.39 is 10.0 Å². The van der Waals surface area contributed by atoms with Gasteiger partial charge in [0.1, 0.15) is 10.7 Å². The fraction of sp³-hybridized carbons (Fsp3) is 0.222. The van der Waals surface area contributed by atoms with E-state index in [1.54, 1.807) is 18.2 Å². The zero-order valence-electron chi connectivity index (χ0n) is 13.8. The van der Waals surface area contributed by atoms with Gasteiger partial charge >= 0.3 is 0 Å². The molecule has 0 saturated heterocycles.